The number of para-hydroxylation sites is 2. The van der Waals surface area contributed by atoms with Crippen LogP contribution in [0.4, 0.5) is 0 Å². The summed E-state index contributed by atoms with van der Waals surface area (Å²) in [6.07, 6.45) is 7.04. The van der Waals surface area contributed by atoms with Gasteiger partial charge in [-0.05, 0) is 96.3 Å². The maximum atomic E-state index is 2.73. The molecule has 8 aromatic rings. The van der Waals surface area contributed by atoms with Crippen molar-refractivity contribution in [3.05, 3.63) is 167 Å². The van der Waals surface area contributed by atoms with Gasteiger partial charge < -0.3 is 9.13 Å². The number of hydrogen-bond donors (Lipinski definition) is 0. The Bertz CT molecular complexity index is 2910. The fourth-order valence-electron chi connectivity index (χ4n) is 12.4. The summed E-state index contributed by atoms with van der Waals surface area (Å²) in [7, 11) is -2.36. The molecule has 6 aromatic carbocycles. The van der Waals surface area contributed by atoms with Crippen LogP contribution in [0.5, 0.6) is 0 Å². The van der Waals surface area contributed by atoms with Gasteiger partial charge in [0, 0.05) is 33.3 Å². The van der Waals surface area contributed by atoms with E-state index in [0.717, 1.165) is 25.3 Å². The number of hydrogen-bond acceptors (Lipinski definition) is 0. The van der Waals surface area contributed by atoms with Gasteiger partial charge in [0.1, 0.15) is 8.07 Å². The molecule has 4 aliphatic rings. The Kier molecular flexibility index (Phi) is 6.61. The van der Waals surface area contributed by atoms with Crippen LogP contribution < -0.4 is 31.9 Å². The molecular formula is C51H45BN2Si. The molecular weight excluding hydrogens is 679 g/mol. The van der Waals surface area contributed by atoms with Gasteiger partial charge in [-0.1, -0.05) is 157 Å². The molecule has 0 N–H and O–H groups in total. The van der Waals surface area contributed by atoms with E-state index < -0.39 is 8.07 Å². The topological polar surface area (TPSA) is 9.86 Å². The van der Waals surface area contributed by atoms with Gasteiger partial charge in [0.15, 0.2) is 0 Å². The molecule has 2 aromatic heterocycles. The summed E-state index contributed by atoms with van der Waals surface area (Å²) in [6.45, 7) is 7.69. The Balaban J connectivity index is 1.25. The van der Waals surface area contributed by atoms with E-state index >= 15 is 0 Å². The van der Waals surface area contributed by atoms with Gasteiger partial charge in [-0.3, -0.25) is 0 Å². The van der Waals surface area contributed by atoms with Crippen LogP contribution in [0.3, 0.4) is 0 Å². The van der Waals surface area contributed by atoms with Crippen molar-refractivity contribution in [3.8, 4) is 11.4 Å². The first-order valence-corrected chi connectivity index (χ1v) is 22.9. The lowest BCUT2D eigenvalue weighted by Gasteiger charge is -2.48. The summed E-state index contributed by atoms with van der Waals surface area (Å²) in [5.74, 6) is 0. The lowest BCUT2D eigenvalue weighted by atomic mass is 9.31. The van der Waals surface area contributed by atoms with Crippen LogP contribution in [-0.2, 0) is 31.1 Å². The number of rotatable bonds is 4. The minimum atomic E-state index is -2.36. The minimum absolute atomic E-state index is 0.157. The van der Waals surface area contributed by atoms with Gasteiger partial charge in [0.25, 0.3) is 0 Å². The fourth-order valence-corrected chi connectivity index (χ4v) is 17.5. The van der Waals surface area contributed by atoms with Gasteiger partial charge >= 0.3 is 0 Å². The van der Waals surface area contributed by atoms with E-state index in [1.807, 2.05) is 0 Å². The lowest BCUT2D eigenvalue weighted by molar-refractivity contribution is 0.640. The highest BCUT2D eigenvalue weighted by molar-refractivity contribution is 7.20. The molecule has 0 radical (unpaired) electrons. The van der Waals surface area contributed by atoms with Crippen LogP contribution in [0, 0.1) is 0 Å². The monoisotopic (exact) mass is 724 g/mol. The second kappa shape index (κ2) is 11.4. The normalized spacial score (nSPS) is 18.6. The van der Waals surface area contributed by atoms with Crippen molar-refractivity contribution in [2.45, 2.75) is 70.8 Å². The molecule has 0 saturated carbocycles. The van der Waals surface area contributed by atoms with Crippen molar-refractivity contribution < 1.29 is 0 Å². The SMILES string of the molecule is CC[Si]1(c2ccccc2)c2ccccc2B2c3cc(-n4c5c(c6ccccc64)CCC5)cc(-n4c5c(c6ccccc64)CCC5)c3C(C)(C)c3cccc1c32. The summed E-state index contributed by atoms with van der Waals surface area (Å²) in [6, 6.07) is 53.5. The quantitative estimate of drug-likeness (QED) is 0.167. The van der Waals surface area contributed by atoms with Crippen LogP contribution in [0.15, 0.2) is 133 Å². The van der Waals surface area contributed by atoms with E-state index in [0.29, 0.717) is 0 Å². The molecule has 1 unspecified atom stereocenters. The first-order chi connectivity index (χ1) is 27.0. The first-order valence-electron chi connectivity index (χ1n) is 20.7. The van der Waals surface area contributed by atoms with Crippen molar-refractivity contribution in [2.24, 2.45) is 0 Å². The average Bonchev–Trinajstić information content (AvgIpc) is 4.01. The highest BCUT2D eigenvalue weighted by Crippen LogP contribution is 2.44. The molecule has 55 heavy (non-hydrogen) atoms. The molecule has 266 valence electrons. The highest BCUT2D eigenvalue weighted by atomic mass is 28.3. The predicted octanol–water partition coefficient (Wildman–Crippen LogP) is 7.51. The number of fused-ring (bicyclic) bond motifs is 10. The molecule has 0 saturated heterocycles. The standard InChI is InChI=1S/C51H45BN2Si/c1-4-55(34-17-6-5-7-18-34)47-29-13-10-24-40(47)52-41-31-33(53-42-25-11-8-19-35(42)37-21-14-27-43(37)53)32-46(49(41)51(2,3)39-23-16-30-48(55)50(39)52)54-44-26-12-9-20-36(44)38-22-15-28-45(38)54/h5-13,16-20,23-26,29-32H,4,14-15,21-22,27-28H2,1-3H3. The largest absolute Gasteiger partial charge is 0.313 e. The Labute approximate surface area is 325 Å². The molecule has 12 rings (SSSR count). The summed E-state index contributed by atoms with van der Waals surface area (Å²) in [5, 5.41) is 7.60. The maximum Gasteiger partial charge on any atom is 0.241 e. The zero-order valence-corrected chi connectivity index (χ0v) is 33.1. The Morgan fingerprint density at radius 3 is 1.95 bits per heavy atom. The first kappa shape index (κ1) is 32.0. The second-order valence-corrected chi connectivity index (χ2v) is 21.4. The predicted molar refractivity (Wildman–Crippen MR) is 235 cm³/mol. The maximum absolute atomic E-state index is 2.73. The van der Waals surface area contributed by atoms with Gasteiger partial charge in [-0.25, -0.2) is 0 Å². The van der Waals surface area contributed by atoms with E-state index in [1.54, 1.807) is 27.0 Å². The molecule has 4 heteroatoms. The van der Waals surface area contributed by atoms with Crippen LogP contribution in [0.1, 0.15) is 67.3 Å². The van der Waals surface area contributed by atoms with E-state index in [2.05, 4.69) is 163 Å². The average molecular weight is 725 g/mol. The summed E-state index contributed by atoms with van der Waals surface area (Å²) in [4.78, 5) is 0. The Hall–Kier alpha value is -5.32. The van der Waals surface area contributed by atoms with E-state index in [-0.39, 0.29) is 12.1 Å². The zero-order chi connectivity index (χ0) is 36.6. The summed E-state index contributed by atoms with van der Waals surface area (Å²) < 4.78 is 5.40. The molecule has 0 bridgehead atoms. The van der Waals surface area contributed by atoms with Crippen LogP contribution in [0.25, 0.3) is 33.2 Å². The van der Waals surface area contributed by atoms with Gasteiger partial charge in [0.2, 0.25) is 6.71 Å². The molecule has 2 aliphatic heterocycles. The molecule has 0 amide bonds. The number of benzene rings is 6. The lowest BCUT2D eigenvalue weighted by Crippen LogP contribution is -2.84. The summed E-state index contributed by atoms with van der Waals surface area (Å²) >= 11 is 0. The smallest absolute Gasteiger partial charge is 0.241 e. The van der Waals surface area contributed by atoms with Crippen LogP contribution in [-0.4, -0.2) is 23.9 Å². The minimum Gasteiger partial charge on any atom is -0.313 e. The van der Waals surface area contributed by atoms with E-state index in [1.165, 1.54) is 91.1 Å². The van der Waals surface area contributed by atoms with Gasteiger partial charge in [-0.2, -0.15) is 0 Å². The zero-order valence-electron chi connectivity index (χ0n) is 32.1. The third-order valence-electron chi connectivity index (χ3n) is 14.5. The van der Waals surface area contributed by atoms with Crippen molar-refractivity contribution in [2.75, 3.05) is 0 Å². The second-order valence-electron chi connectivity index (χ2n) is 17.2. The van der Waals surface area contributed by atoms with E-state index in [9.17, 15) is 0 Å². The van der Waals surface area contributed by atoms with Crippen LogP contribution in [0.2, 0.25) is 6.04 Å². The number of nitrogens with zero attached hydrogens (tertiary/aromatic N) is 2. The van der Waals surface area contributed by atoms with Crippen LogP contribution >= 0.6 is 0 Å². The third kappa shape index (κ3) is 4.01. The molecule has 0 spiro atoms. The van der Waals surface area contributed by atoms with Gasteiger partial charge in [-0.15, -0.1) is 0 Å². The van der Waals surface area contributed by atoms with Crippen molar-refractivity contribution in [3.63, 3.8) is 0 Å². The molecule has 0 fully saturated rings. The molecule has 2 aliphatic carbocycles. The molecule has 1 atom stereocenters. The molecule has 4 heterocycles. The van der Waals surface area contributed by atoms with Crippen molar-refractivity contribution >= 4 is 68.5 Å². The Morgan fingerprint density at radius 1 is 0.600 bits per heavy atom. The van der Waals surface area contributed by atoms with Gasteiger partial charge in [0.05, 0.1) is 16.7 Å². The van der Waals surface area contributed by atoms with Crippen molar-refractivity contribution in [1.29, 1.82) is 0 Å². The highest BCUT2D eigenvalue weighted by Gasteiger charge is 2.53. The summed E-state index contributed by atoms with van der Waals surface area (Å²) in [5.41, 5.74) is 18.9. The number of aromatic nitrogens is 2. The van der Waals surface area contributed by atoms with Crippen molar-refractivity contribution in [1.82, 2.24) is 9.13 Å². The third-order valence-corrected chi connectivity index (χ3v) is 19.6. The fraction of sp³-hybridized carbons (Fsp3) is 0.216. The number of aryl methyl sites for hydroxylation is 2. The van der Waals surface area contributed by atoms with E-state index in [4.69, 9.17) is 0 Å². The Morgan fingerprint density at radius 2 is 1.22 bits per heavy atom. The molecule has 2 nitrogen and oxygen atoms in total.